The number of carboxylic acid groups (broad SMARTS) is 1. The molecular weight excluding hydrogens is 212 g/mol. The van der Waals surface area contributed by atoms with E-state index in [9.17, 15) is 9.90 Å². The number of aromatic carboxylic acids is 1. The van der Waals surface area contributed by atoms with Crippen molar-refractivity contribution in [3.8, 4) is 0 Å². The number of carbonyl (C=O) groups is 1. The van der Waals surface area contributed by atoms with Gasteiger partial charge in [0.2, 0.25) is 0 Å². The molecule has 1 aromatic rings. The lowest BCUT2D eigenvalue weighted by Crippen LogP contribution is -2.15. The lowest BCUT2D eigenvalue weighted by atomic mass is 9.77. The standard InChI is InChI=1S/C15H20O2/c1-2-11-7-9-12(10-8-11)13-5-3-4-6-14(13)15(16)17/h3-6,11-12H,2,7-10H2,1H3,(H,16,17). The topological polar surface area (TPSA) is 37.3 Å². The zero-order chi connectivity index (χ0) is 12.3. The maximum Gasteiger partial charge on any atom is 0.335 e. The van der Waals surface area contributed by atoms with Crippen LogP contribution in [0.15, 0.2) is 24.3 Å². The van der Waals surface area contributed by atoms with Gasteiger partial charge in [-0.1, -0.05) is 31.5 Å². The summed E-state index contributed by atoms with van der Waals surface area (Å²) < 4.78 is 0. The van der Waals surface area contributed by atoms with Crippen molar-refractivity contribution in [2.24, 2.45) is 5.92 Å². The molecule has 0 radical (unpaired) electrons. The van der Waals surface area contributed by atoms with Gasteiger partial charge >= 0.3 is 5.97 Å². The first kappa shape index (κ1) is 12.2. The quantitative estimate of drug-likeness (QED) is 0.853. The van der Waals surface area contributed by atoms with Crippen molar-refractivity contribution in [2.75, 3.05) is 0 Å². The van der Waals surface area contributed by atoms with Crippen LogP contribution in [0.5, 0.6) is 0 Å². The van der Waals surface area contributed by atoms with Gasteiger partial charge in [0.05, 0.1) is 5.56 Å². The summed E-state index contributed by atoms with van der Waals surface area (Å²) in [5.74, 6) is 0.506. The fourth-order valence-corrected chi connectivity index (χ4v) is 2.93. The van der Waals surface area contributed by atoms with Gasteiger partial charge in [-0.25, -0.2) is 4.79 Å². The molecule has 1 fully saturated rings. The van der Waals surface area contributed by atoms with E-state index in [2.05, 4.69) is 6.92 Å². The van der Waals surface area contributed by atoms with E-state index >= 15 is 0 Å². The Hall–Kier alpha value is -1.31. The molecule has 1 saturated carbocycles. The van der Waals surface area contributed by atoms with E-state index in [-0.39, 0.29) is 0 Å². The average molecular weight is 232 g/mol. The van der Waals surface area contributed by atoms with Gasteiger partial charge in [0.15, 0.2) is 0 Å². The van der Waals surface area contributed by atoms with Gasteiger partial charge in [-0.2, -0.15) is 0 Å². The summed E-state index contributed by atoms with van der Waals surface area (Å²) >= 11 is 0. The van der Waals surface area contributed by atoms with Gasteiger partial charge in [-0.3, -0.25) is 0 Å². The third-order valence-electron chi connectivity index (χ3n) is 4.06. The second-order valence-corrected chi connectivity index (χ2v) is 5.02. The molecule has 1 aliphatic rings. The molecule has 0 aliphatic heterocycles. The molecule has 1 aliphatic carbocycles. The molecule has 2 nitrogen and oxygen atoms in total. The van der Waals surface area contributed by atoms with Crippen LogP contribution in [0.25, 0.3) is 0 Å². The minimum Gasteiger partial charge on any atom is -0.478 e. The summed E-state index contributed by atoms with van der Waals surface area (Å²) in [5.41, 5.74) is 1.53. The highest BCUT2D eigenvalue weighted by molar-refractivity contribution is 5.89. The van der Waals surface area contributed by atoms with Crippen LogP contribution in [0.2, 0.25) is 0 Å². The molecule has 0 aromatic heterocycles. The Morgan fingerprint density at radius 2 is 1.88 bits per heavy atom. The van der Waals surface area contributed by atoms with Crippen molar-refractivity contribution >= 4 is 5.97 Å². The minimum absolute atomic E-state index is 0.449. The Kier molecular flexibility index (Phi) is 3.82. The summed E-state index contributed by atoms with van der Waals surface area (Å²) in [5, 5.41) is 9.19. The van der Waals surface area contributed by atoms with E-state index in [0.29, 0.717) is 11.5 Å². The highest BCUT2D eigenvalue weighted by Gasteiger charge is 2.24. The average Bonchev–Trinajstić information content (AvgIpc) is 2.39. The van der Waals surface area contributed by atoms with Crippen LogP contribution in [0.4, 0.5) is 0 Å². The summed E-state index contributed by atoms with van der Waals surface area (Å²) in [7, 11) is 0. The lowest BCUT2D eigenvalue weighted by molar-refractivity contribution is 0.0694. The first-order valence-electron chi connectivity index (χ1n) is 6.54. The van der Waals surface area contributed by atoms with Crippen molar-refractivity contribution in [3.63, 3.8) is 0 Å². The van der Waals surface area contributed by atoms with Crippen LogP contribution in [-0.4, -0.2) is 11.1 Å². The fourth-order valence-electron chi connectivity index (χ4n) is 2.93. The molecule has 0 saturated heterocycles. The number of hydrogen-bond acceptors (Lipinski definition) is 1. The first-order chi connectivity index (χ1) is 8.22. The molecule has 0 unspecified atom stereocenters. The van der Waals surface area contributed by atoms with Gasteiger partial charge in [-0.05, 0) is 49.1 Å². The van der Waals surface area contributed by atoms with E-state index in [1.807, 2.05) is 18.2 Å². The Morgan fingerprint density at radius 1 is 1.24 bits per heavy atom. The molecule has 1 N–H and O–H groups in total. The van der Waals surface area contributed by atoms with E-state index in [1.54, 1.807) is 6.07 Å². The van der Waals surface area contributed by atoms with Crippen LogP contribution < -0.4 is 0 Å². The van der Waals surface area contributed by atoms with Crippen LogP contribution in [0, 0.1) is 5.92 Å². The molecular formula is C15H20O2. The van der Waals surface area contributed by atoms with Crippen molar-refractivity contribution in [2.45, 2.75) is 44.9 Å². The minimum atomic E-state index is -0.793. The smallest absolute Gasteiger partial charge is 0.335 e. The second-order valence-electron chi connectivity index (χ2n) is 5.02. The molecule has 0 atom stereocenters. The summed E-state index contributed by atoms with van der Waals surface area (Å²) in [4.78, 5) is 11.2. The Morgan fingerprint density at radius 3 is 2.47 bits per heavy atom. The maximum atomic E-state index is 11.2. The molecule has 0 spiro atoms. The van der Waals surface area contributed by atoms with Gasteiger partial charge in [-0.15, -0.1) is 0 Å². The Bertz CT molecular complexity index is 390. The normalized spacial score (nSPS) is 24.5. The monoisotopic (exact) mass is 232 g/mol. The van der Waals surface area contributed by atoms with Gasteiger partial charge in [0.25, 0.3) is 0 Å². The van der Waals surface area contributed by atoms with Crippen LogP contribution in [-0.2, 0) is 0 Å². The molecule has 92 valence electrons. The van der Waals surface area contributed by atoms with Gasteiger partial charge in [0, 0.05) is 0 Å². The molecule has 2 heteroatoms. The predicted octanol–water partition coefficient (Wildman–Crippen LogP) is 4.07. The third-order valence-corrected chi connectivity index (χ3v) is 4.06. The largest absolute Gasteiger partial charge is 0.478 e. The summed E-state index contributed by atoms with van der Waals surface area (Å²) in [6.45, 7) is 2.25. The van der Waals surface area contributed by atoms with E-state index < -0.39 is 5.97 Å². The molecule has 0 bridgehead atoms. The van der Waals surface area contributed by atoms with Crippen molar-refractivity contribution < 1.29 is 9.90 Å². The number of benzene rings is 1. The van der Waals surface area contributed by atoms with Crippen molar-refractivity contribution in [3.05, 3.63) is 35.4 Å². The predicted molar refractivity (Wildman–Crippen MR) is 68.4 cm³/mol. The maximum absolute atomic E-state index is 11.2. The van der Waals surface area contributed by atoms with Crippen LogP contribution >= 0.6 is 0 Å². The summed E-state index contributed by atoms with van der Waals surface area (Å²) in [6, 6.07) is 7.47. The van der Waals surface area contributed by atoms with Crippen LogP contribution in [0.1, 0.15) is 60.9 Å². The zero-order valence-corrected chi connectivity index (χ0v) is 10.4. The van der Waals surface area contributed by atoms with Gasteiger partial charge in [0.1, 0.15) is 0 Å². The third kappa shape index (κ3) is 2.68. The molecule has 0 amide bonds. The van der Waals surface area contributed by atoms with E-state index in [4.69, 9.17) is 0 Å². The molecule has 17 heavy (non-hydrogen) atoms. The highest BCUT2D eigenvalue weighted by Crippen LogP contribution is 2.38. The second kappa shape index (κ2) is 5.35. The van der Waals surface area contributed by atoms with Crippen molar-refractivity contribution in [1.29, 1.82) is 0 Å². The zero-order valence-electron chi connectivity index (χ0n) is 10.4. The lowest BCUT2D eigenvalue weighted by Gasteiger charge is -2.28. The number of carboxylic acids is 1. The Labute approximate surface area is 103 Å². The number of rotatable bonds is 3. The molecule has 0 heterocycles. The highest BCUT2D eigenvalue weighted by atomic mass is 16.4. The van der Waals surface area contributed by atoms with Gasteiger partial charge < -0.3 is 5.11 Å². The van der Waals surface area contributed by atoms with Crippen LogP contribution in [0.3, 0.4) is 0 Å². The number of hydrogen-bond donors (Lipinski definition) is 1. The molecule has 1 aromatic carbocycles. The van der Waals surface area contributed by atoms with Crippen molar-refractivity contribution in [1.82, 2.24) is 0 Å². The summed E-state index contributed by atoms with van der Waals surface area (Å²) in [6.07, 6.45) is 6.03. The first-order valence-corrected chi connectivity index (χ1v) is 6.54. The van der Waals surface area contributed by atoms with E-state index in [1.165, 1.54) is 19.3 Å². The fraction of sp³-hybridized carbons (Fsp3) is 0.533. The molecule has 2 rings (SSSR count). The SMILES string of the molecule is CCC1CCC(c2ccccc2C(=O)O)CC1. The van der Waals surface area contributed by atoms with E-state index in [0.717, 1.165) is 24.3 Å². The Balaban J connectivity index is 2.15.